The van der Waals surface area contributed by atoms with Crippen molar-refractivity contribution in [3.8, 4) is 0 Å². The molecule has 1 aliphatic heterocycles. The van der Waals surface area contributed by atoms with E-state index in [0.717, 1.165) is 12.8 Å². The molecule has 0 aromatic heterocycles. The largest absolute Gasteiger partial charge is 0.444 e. The molecule has 1 amide bonds. The Kier molecular flexibility index (Phi) is 2.19. The molecule has 0 aromatic carbocycles. The monoisotopic (exact) mass is 169 g/mol. The third-order valence-corrected chi connectivity index (χ3v) is 2.76. The average molecular weight is 169 g/mol. The van der Waals surface area contributed by atoms with Crippen molar-refractivity contribution in [1.82, 2.24) is 5.32 Å². The Balaban J connectivity index is 1.96. The SMILES string of the molecule is O=C1N[C@@H]2CCCCCC[C@H]2O1. The Morgan fingerprint density at radius 1 is 1.17 bits per heavy atom. The third-order valence-electron chi connectivity index (χ3n) is 2.76. The van der Waals surface area contributed by atoms with E-state index in [4.69, 9.17) is 4.74 Å². The maximum atomic E-state index is 10.9. The van der Waals surface area contributed by atoms with Crippen LogP contribution in [0.5, 0.6) is 0 Å². The normalized spacial score (nSPS) is 35.8. The fourth-order valence-corrected chi connectivity index (χ4v) is 2.08. The Hall–Kier alpha value is -0.730. The summed E-state index contributed by atoms with van der Waals surface area (Å²) in [5.74, 6) is 0. The van der Waals surface area contributed by atoms with Crippen LogP contribution in [0.15, 0.2) is 0 Å². The first-order chi connectivity index (χ1) is 5.86. The van der Waals surface area contributed by atoms with Crippen molar-refractivity contribution in [1.29, 1.82) is 0 Å². The summed E-state index contributed by atoms with van der Waals surface area (Å²) in [6.07, 6.45) is 7.12. The quantitative estimate of drug-likeness (QED) is 0.600. The van der Waals surface area contributed by atoms with Crippen molar-refractivity contribution in [2.45, 2.75) is 50.7 Å². The van der Waals surface area contributed by atoms with Crippen LogP contribution in [-0.2, 0) is 4.74 Å². The minimum absolute atomic E-state index is 0.165. The van der Waals surface area contributed by atoms with Gasteiger partial charge in [-0.3, -0.25) is 0 Å². The second-order valence-electron chi connectivity index (χ2n) is 3.69. The molecule has 2 rings (SSSR count). The van der Waals surface area contributed by atoms with Crippen LogP contribution in [0.4, 0.5) is 4.79 Å². The highest BCUT2D eigenvalue weighted by molar-refractivity contribution is 5.70. The average Bonchev–Trinajstić information content (AvgIpc) is 2.32. The number of carbonyl (C=O) groups is 1. The van der Waals surface area contributed by atoms with Crippen LogP contribution in [-0.4, -0.2) is 18.2 Å². The molecule has 12 heavy (non-hydrogen) atoms. The molecule has 3 heteroatoms. The van der Waals surface area contributed by atoms with Crippen molar-refractivity contribution in [3.63, 3.8) is 0 Å². The van der Waals surface area contributed by atoms with Gasteiger partial charge in [-0.15, -0.1) is 0 Å². The van der Waals surface area contributed by atoms with Gasteiger partial charge < -0.3 is 10.1 Å². The molecule has 0 bridgehead atoms. The molecular formula is C9H15NO2. The number of ether oxygens (including phenoxy) is 1. The van der Waals surface area contributed by atoms with Gasteiger partial charge in [-0.2, -0.15) is 0 Å². The topological polar surface area (TPSA) is 38.3 Å². The van der Waals surface area contributed by atoms with Crippen LogP contribution < -0.4 is 5.32 Å². The molecule has 68 valence electrons. The van der Waals surface area contributed by atoms with Crippen molar-refractivity contribution in [2.75, 3.05) is 0 Å². The number of rotatable bonds is 0. The molecule has 1 N–H and O–H groups in total. The predicted molar refractivity (Wildman–Crippen MR) is 44.9 cm³/mol. The zero-order valence-corrected chi connectivity index (χ0v) is 7.21. The summed E-state index contributed by atoms with van der Waals surface area (Å²) in [6.45, 7) is 0. The smallest absolute Gasteiger partial charge is 0.407 e. The highest BCUT2D eigenvalue weighted by Crippen LogP contribution is 2.23. The molecule has 0 aromatic rings. The number of hydrogen-bond donors (Lipinski definition) is 1. The fraction of sp³-hybridized carbons (Fsp3) is 0.889. The van der Waals surface area contributed by atoms with Gasteiger partial charge in [0.1, 0.15) is 6.10 Å². The van der Waals surface area contributed by atoms with E-state index in [1.54, 1.807) is 0 Å². The first kappa shape index (κ1) is 7.90. The summed E-state index contributed by atoms with van der Waals surface area (Å²) < 4.78 is 5.15. The fourth-order valence-electron chi connectivity index (χ4n) is 2.08. The second kappa shape index (κ2) is 3.33. The van der Waals surface area contributed by atoms with E-state index < -0.39 is 0 Å². The standard InChI is InChI=1S/C9H15NO2/c11-9-10-7-5-3-1-2-4-6-8(7)12-9/h7-8H,1-6H2,(H,10,11)/t7-,8-/m1/s1. The molecule has 1 saturated carbocycles. The Morgan fingerprint density at radius 3 is 2.75 bits per heavy atom. The summed E-state index contributed by atoms with van der Waals surface area (Å²) >= 11 is 0. The van der Waals surface area contributed by atoms with Gasteiger partial charge in [0.05, 0.1) is 6.04 Å². The van der Waals surface area contributed by atoms with Crippen LogP contribution in [0.1, 0.15) is 38.5 Å². The summed E-state index contributed by atoms with van der Waals surface area (Å²) in [7, 11) is 0. The zero-order valence-electron chi connectivity index (χ0n) is 7.21. The molecule has 1 aliphatic carbocycles. The summed E-state index contributed by atoms with van der Waals surface area (Å²) in [5, 5.41) is 2.86. The maximum Gasteiger partial charge on any atom is 0.407 e. The number of amides is 1. The summed E-state index contributed by atoms with van der Waals surface area (Å²) in [4.78, 5) is 10.9. The van der Waals surface area contributed by atoms with Crippen LogP contribution >= 0.6 is 0 Å². The van der Waals surface area contributed by atoms with Gasteiger partial charge in [0.15, 0.2) is 0 Å². The second-order valence-corrected chi connectivity index (χ2v) is 3.69. The van der Waals surface area contributed by atoms with E-state index in [1.807, 2.05) is 0 Å². The Bertz CT molecular complexity index is 163. The lowest BCUT2D eigenvalue weighted by molar-refractivity contribution is 0.120. The highest BCUT2D eigenvalue weighted by Gasteiger charge is 2.33. The lowest BCUT2D eigenvalue weighted by Crippen LogP contribution is -2.32. The minimum Gasteiger partial charge on any atom is -0.444 e. The van der Waals surface area contributed by atoms with Crippen molar-refractivity contribution < 1.29 is 9.53 Å². The van der Waals surface area contributed by atoms with E-state index in [1.165, 1.54) is 25.7 Å². The molecule has 0 spiro atoms. The predicted octanol–water partition coefficient (Wildman–Crippen LogP) is 1.82. The van der Waals surface area contributed by atoms with Crippen LogP contribution in [0.2, 0.25) is 0 Å². The van der Waals surface area contributed by atoms with Gasteiger partial charge in [0, 0.05) is 0 Å². The first-order valence-corrected chi connectivity index (χ1v) is 4.83. The lowest BCUT2D eigenvalue weighted by Gasteiger charge is -2.19. The molecule has 2 atom stereocenters. The zero-order chi connectivity index (χ0) is 8.39. The van der Waals surface area contributed by atoms with Crippen molar-refractivity contribution in [2.24, 2.45) is 0 Å². The van der Waals surface area contributed by atoms with E-state index in [2.05, 4.69) is 5.32 Å². The number of nitrogens with one attached hydrogen (secondary N) is 1. The molecule has 1 heterocycles. The summed E-state index contributed by atoms with van der Waals surface area (Å²) in [6, 6.07) is 0.304. The Morgan fingerprint density at radius 2 is 1.92 bits per heavy atom. The first-order valence-electron chi connectivity index (χ1n) is 4.83. The number of carbonyl (C=O) groups excluding carboxylic acids is 1. The van der Waals surface area contributed by atoms with Gasteiger partial charge in [-0.25, -0.2) is 4.79 Å². The van der Waals surface area contributed by atoms with Gasteiger partial charge in [-0.1, -0.05) is 19.3 Å². The van der Waals surface area contributed by atoms with Gasteiger partial charge >= 0.3 is 6.09 Å². The molecular weight excluding hydrogens is 154 g/mol. The van der Waals surface area contributed by atoms with E-state index in [-0.39, 0.29) is 12.2 Å². The molecule has 2 aliphatic rings. The number of hydrogen-bond acceptors (Lipinski definition) is 2. The van der Waals surface area contributed by atoms with E-state index >= 15 is 0 Å². The highest BCUT2D eigenvalue weighted by atomic mass is 16.6. The Labute approximate surface area is 72.5 Å². The van der Waals surface area contributed by atoms with Gasteiger partial charge in [0.25, 0.3) is 0 Å². The third kappa shape index (κ3) is 1.54. The van der Waals surface area contributed by atoms with Crippen molar-refractivity contribution >= 4 is 6.09 Å². The van der Waals surface area contributed by atoms with Crippen LogP contribution in [0.25, 0.3) is 0 Å². The maximum absolute atomic E-state index is 10.9. The molecule has 1 saturated heterocycles. The molecule has 3 nitrogen and oxygen atoms in total. The van der Waals surface area contributed by atoms with Gasteiger partial charge in [-0.05, 0) is 19.3 Å². The van der Waals surface area contributed by atoms with E-state index in [0.29, 0.717) is 6.04 Å². The minimum atomic E-state index is -0.216. The number of alkyl carbamates (subject to hydrolysis) is 1. The molecule has 0 radical (unpaired) electrons. The van der Waals surface area contributed by atoms with E-state index in [9.17, 15) is 4.79 Å². The molecule has 2 fully saturated rings. The summed E-state index contributed by atoms with van der Waals surface area (Å²) in [5.41, 5.74) is 0. The van der Waals surface area contributed by atoms with Crippen LogP contribution in [0.3, 0.4) is 0 Å². The molecule has 0 unspecified atom stereocenters. The lowest BCUT2D eigenvalue weighted by atomic mass is 9.95. The van der Waals surface area contributed by atoms with Crippen molar-refractivity contribution in [3.05, 3.63) is 0 Å². The number of fused-ring (bicyclic) bond motifs is 1. The van der Waals surface area contributed by atoms with Crippen LogP contribution in [0, 0.1) is 0 Å². The van der Waals surface area contributed by atoms with Gasteiger partial charge in [0.2, 0.25) is 0 Å².